The molecular formula is C19H21N3S. The van der Waals surface area contributed by atoms with Crippen LogP contribution in [0.25, 0.3) is 22.0 Å². The number of fused-ring (bicyclic) bond motifs is 3. The Bertz CT molecular complexity index is 822. The maximum Gasteiger partial charge on any atom is 0.0686 e. The average molecular weight is 323 g/mol. The Kier molecular flexibility index (Phi) is 3.10. The lowest BCUT2D eigenvalue weighted by molar-refractivity contribution is 0.133. The summed E-state index contributed by atoms with van der Waals surface area (Å²) in [7, 11) is 2.30. The fourth-order valence-corrected chi connectivity index (χ4v) is 5.20. The van der Waals surface area contributed by atoms with E-state index in [0.29, 0.717) is 6.04 Å². The minimum absolute atomic E-state index is 0.563. The number of aromatic nitrogens is 2. The normalized spacial score (nSPS) is 27.8. The molecule has 2 atom stereocenters. The second-order valence-electron chi connectivity index (χ2n) is 7.05. The minimum atomic E-state index is 0.563. The van der Waals surface area contributed by atoms with Gasteiger partial charge in [0.1, 0.15) is 0 Å². The Labute approximate surface area is 140 Å². The van der Waals surface area contributed by atoms with E-state index in [4.69, 9.17) is 5.10 Å². The van der Waals surface area contributed by atoms with Crippen LogP contribution in [0.2, 0.25) is 0 Å². The Morgan fingerprint density at radius 2 is 1.87 bits per heavy atom. The fourth-order valence-electron chi connectivity index (χ4n) is 4.53. The molecule has 0 aliphatic carbocycles. The van der Waals surface area contributed by atoms with Crippen LogP contribution >= 0.6 is 11.3 Å². The zero-order chi connectivity index (χ0) is 15.4. The highest BCUT2D eigenvalue weighted by Crippen LogP contribution is 2.40. The first-order valence-electron chi connectivity index (χ1n) is 8.51. The largest absolute Gasteiger partial charge is 0.300 e. The van der Waals surface area contributed by atoms with E-state index in [9.17, 15) is 0 Å². The summed E-state index contributed by atoms with van der Waals surface area (Å²) in [6, 6.07) is 11.0. The van der Waals surface area contributed by atoms with Gasteiger partial charge < -0.3 is 4.90 Å². The molecule has 0 spiro atoms. The van der Waals surface area contributed by atoms with Crippen molar-refractivity contribution in [2.75, 3.05) is 7.05 Å². The van der Waals surface area contributed by atoms with E-state index in [2.05, 4.69) is 51.7 Å². The summed E-state index contributed by atoms with van der Waals surface area (Å²) in [5.41, 5.74) is 3.89. The Balaban J connectivity index is 1.51. The van der Waals surface area contributed by atoms with Gasteiger partial charge in [-0.15, -0.1) is 0 Å². The van der Waals surface area contributed by atoms with E-state index in [1.807, 2.05) is 6.20 Å². The molecule has 1 aromatic carbocycles. The van der Waals surface area contributed by atoms with Gasteiger partial charge in [0, 0.05) is 17.5 Å². The standard InChI is InChI=1S/C19H21N3S/c1-21-16-3-4-17(21)10-18(9-16)22-19-5-2-13(8-15(19)11-20-22)14-6-7-23-12-14/h2,5-8,11-12,16-18H,3-4,9-10H2,1H3. The first kappa shape index (κ1) is 13.8. The zero-order valence-corrected chi connectivity index (χ0v) is 14.2. The molecule has 23 heavy (non-hydrogen) atoms. The van der Waals surface area contributed by atoms with Gasteiger partial charge >= 0.3 is 0 Å². The van der Waals surface area contributed by atoms with Crippen molar-refractivity contribution in [1.82, 2.24) is 14.7 Å². The van der Waals surface area contributed by atoms with Crippen molar-refractivity contribution in [2.24, 2.45) is 0 Å². The number of rotatable bonds is 2. The third-order valence-corrected chi connectivity index (χ3v) is 6.55. The second-order valence-corrected chi connectivity index (χ2v) is 7.83. The van der Waals surface area contributed by atoms with Gasteiger partial charge in [-0.25, -0.2) is 0 Å². The van der Waals surface area contributed by atoms with Gasteiger partial charge in [-0.2, -0.15) is 16.4 Å². The number of hydrogen-bond donors (Lipinski definition) is 0. The smallest absolute Gasteiger partial charge is 0.0686 e. The monoisotopic (exact) mass is 323 g/mol. The van der Waals surface area contributed by atoms with Crippen LogP contribution in [-0.2, 0) is 0 Å². The second kappa shape index (κ2) is 5.18. The van der Waals surface area contributed by atoms with Crippen LogP contribution < -0.4 is 0 Å². The lowest BCUT2D eigenvalue weighted by Crippen LogP contribution is -2.40. The number of nitrogens with zero attached hydrogens (tertiary/aromatic N) is 3. The molecule has 0 radical (unpaired) electrons. The Morgan fingerprint density at radius 3 is 2.61 bits per heavy atom. The van der Waals surface area contributed by atoms with Gasteiger partial charge in [0.05, 0.1) is 17.8 Å². The van der Waals surface area contributed by atoms with Gasteiger partial charge in [-0.1, -0.05) is 6.07 Å². The summed E-state index contributed by atoms with van der Waals surface area (Å²) >= 11 is 1.75. The van der Waals surface area contributed by atoms with Crippen LogP contribution in [-0.4, -0.2) is 33.8 Å². The number of hydrogen-bond acceptors (Lipinski definition) is 3. The van der Waals surface area contributed by atoms with Gasteiger partial charge in [-0.05, 0) is 72.8 Å². The lowest BCUT2D eigenvalue weighted by Gasteiger charge is -2.36. The van der Waals surface area contributed by atoms with E-state index in [1.165, 1.54) is 47.7 Å². The van der Waals surface area contributed by atoms with Crippen LogP contribution in [0.5, 0.6) is 0 Å². The van der Waals surface area contributed by atoms with Crippen LogP contribution in [0.4, 0.5) is 0 Å². The van der Waals surface area contributed by atoms with Gasteiger partial charge in [-0.3, -0.25) is 4.68 Å². The summed E-state index contributed by atoms with van der Waals surface area (Å²) in [6.45, 7) is 0. The van der Waals surface area contributed by atoms with Gasteiger partial charge in [0.25, 0.3) is 0 Å². The third kappa shape index (κ3) is 2.16. The Morgan fingerprint density at radius 1 is 1.04 bits per heavy atom. The fraction of sp³-hybridized carbons (Fsp3) is 0.421. The molecule has 0 amide bonds. The molecule has 4 heterocycles. The molecule has 3 nitrogen and oxygen atoms in total. The minimum Gasteiger partial charge on any atom is -0.300 e. The highest BCUT2D eigenvalue weighted by molar-refractivity contribution is 7.08. The zero-order valence-electron chi connectivity index (χ0n) is 13.4. The molecule has 2 bridgehead atoms. The van der Waals surface area contributed by atoms with Crippen molar-refractivity contribution < 1.29 is 0 Å². The number of benzene rings is 1. The van der Waals surface area contributed by atoms with Crippen LogP contribution in [0.15, 0.2) is 41.2 Å². The van der Waals surface area contributed by atoms with E-state index >= 15 is 0 Å². The van der Waals surface area contributed by atoms with Crippen molar-refractivity contribution in [3.63, 3.8) is 0 Å². The topological polar surface area (TPSA) is 21.1 Å². The molecule has 2 unspecified atom stereocenters. The molecule has 2 aromatic heterocycles. The van der Waals surface area contributed by atoms with E-state index < -0.39 is 0 Å². The van der Waals surface area contributed by atoms with Crippen molar-refractivity contribution in [3.8, 4) is 11.1 Å². The van der Waals surface area contributed by atoms with E-state index in [1.54, 1.807) is 11.3 Å². The number of thiophene rings is 1. The SMILES string of the molecule is CN1C2CCC1CC(n1ncc3cc(-c4ccsc4)ccc31)C2. The summed E-state index contributed by atoms with van der Waals surface area (Å²) in [5.74, 6) is 0. The first-order chi connectivity index (χ1) is 11.3. The van der Waals surface area contributed by atoms with E-state index in [-0.39, 0.29) is 0 Å². The molecule has 2 fully saturated rings. The molecule has 5 rings (SSSR count). The summed E-state index contributed by atoms with van der Waals surface area (Å²) in [6.07, 6.45) is 7.26. The molecule has 0 N–H and O–H groups in total. The summed E-state index contributed by atoms with van der Waals surface area (Å²) in [5, 5.41) is 10.4. The van der Waals surface area contributed by atoms with Crippen molar-refractivity contribution in [2.45, 2.75) is 43.8 Å². The predicted molar refractivity (Wildman–Crippen MR) is 95.9 cm³/mol. The number of piperidine rings is 1. The van der Waals surface area contributed by atoms with Crippen molar-refractivity contribution in [1.29, 1.82) is 0 Å². The predicted octanol–water partition coefficient (Wildman–Crippen LogP) is 4.56. The van der Waals surface area contributed by atoms with Crippen LogP contribution in [0.3, 0.4) is 0 Å². The molecule has 2 saturated heterocycles. The maximum atomic E-state index is 4.76. The highest BCUT2D eigenvalue weighted by Gasteiger charge is 2.39. The maximum absolute atomic E-state index is 4.76. The van der Waals surface area contributed by atoms with Crippen molar-refractivity contribution in [3.05, 3.63) is 41.2 Å². The average Bonchev–Trinajstić information content (AvgIpc) is 3.26. The summed E-state index contributed by atoms with van der Waals surface area (Å²) in [4.78, 5) is 2.59. The Hall–Kier alpha value is -1.65. The molecule has 3 aromatic rings. The lowest BCUT2D eigenvalue weighted by atomic mass is 9.98. The molecule has 2 aliphatic heterocycles. The van der Waals surface area contributed by atoms with Crippen LogP contribution in [0, 0.1) is 0 Å². The molecule has 4 heteroatoms. The molecule has 2 aliphatic rings. The van der Waals surface area contributed by atoms with E-state index in [0.717, 1.165) is 12.1 Å². The third-order valence-electron chi connectivity index (χ3n) is 5.87. The first-order valence-corrected chi connectivity index (χ1v) is 9.45. The molecule has 0 saturated carbocycles. The summed E-state index contributed by atoms with van der Waals surface area (Å²) < 4.78 is 2.30. The van der Waals surface area contributed by atoms with Gasteiger partial charge in [0.15, 0.2) is 0 Å². The van der Waals surface area contributed by atoms with Gasteiger partial charge in [0.2, 0.25) is 0 Å². The molecular weight excluding hydrogens is 302 g/mol. The van der Waals surface area contributed by atoms with Crippen LogP contribution in [0.1, 0.15) is 31.7 Å². The quantitative estimate of drug-likeness (QED) is 0.689. The molecule has 118 valence electrons. The highest BCUT2D eigenvalue weighted by atomic mass is 32.1. The van der Waals surface area contributed by atoms with Crippen molar-refractivity contribution >= 4 is 22.2 Å².